The van der Waals surface area contributed by atoms with Crippen molar-refractivity contribution in [3.8, 4) is 0 Å². The largest absolute Gasteiger partial charge is 0.392 e. The monoisotopic (exact) mass is 220 g/mol. The number of nitrogens with one attached hydrogen (secondary N) is 1. The number of imidazole rings is 1. The minimum atomic E-state index is 0.103. The molecule has 1 aromatic carbocycles. The molecule has 1 heterocycles. The maximum Gasteiger partial charge on any atom is 0.165 e. The summed E-state index contributed by atoms with van der Waals surface area (Å²) < 4.78 is 0. The first kappa shape index (κ1) is 10.3. The van der Waals surface area contributed by atoms with Crippen LogP contribution in [0.25, 0.3) is 0 Å². The molecular formula is C11H12N2OS. The number of rotatable bonds is 4. The fraction of sp³-hybridized carbons (Fsp3) is 0.182. The molecule has 3 nitrogen and oxygen atoms in total. The van der Waals surface area contributed by atoms with Gasteiger partial charge in [0.15, 0.2) is 5.16 Å². The number of aliphatic hydroxyl groups is 1. The Bertz CT molecular complexity index is 397. The van der Waals surface area contributed by atoms with Crippen LogP contribution in [0, 0.1) is 0 Å². The lowest BCUT2D eigenvalue weighted by molar-refractivity contribution is 0.282. The summed E-state index contributed by atoms with van der Waals surface area (Å²) in [5.74, 6) is 0.888. The van der Waals surface area contributed by atoms with E-state index >= 15 is 0 Å². The molecule has 0 fully saturated rings. The molecule has 0 aliphatic carbocycles. The molecule has 4 heteroatoms. The molecule has 0 bridgehead atoms. The lowest BCUT2D eigenvalue weighted by Crippen LogP contribution is -1.85. The fourth-order valence-electron chi connectivity index (χ4n) is 1.22. The van der Waals surface area contributed by atoms with Crippen LogP contribution in [-0.4, -0.2) is 15.1 Å². The first-order valence-corrected chi connectivity index (χ1v) is 5.68. The predicted octanol–water partition coefficient (Wildman–Crippen LogP) is 2.19. The molecular weight excluding hydrogens is 208 g/mol. The highest BCUT2D eigenvalue weighted by Crippen LogP contribution is 2.18. The van der Waals surface area contributed by atoms with Crippen LogP contribution in [0.3, 0.4) is 0 Å². The van der Waals surface area contributed by atoms with E-state index in [-0.39, 0.29) is 6.61 Å². The van der Waals surface area contributed by atoms with E-state index in [4.69, 9.17) is 5.11 Å². The van der Waals surface area contributed by atoms with Gasteiger partial charge in [0.2, 0.25) is 0 Å². The Morgan fingerprint density at radius 3 is 2.53 bits per heavy atom. The smallest absolute Gasteiger partial charge is 0.165 e. The zero-order chi connectivity index (χ0) is 10.5. The zero-order valence-corrected chi connectivity index (χ0v) is 9.00. The van der Waals surface area contributed by atoms with Gasteiger partial charge >= 0.3 is 0 Å². The third-order valence-electron chi connectivity index (χ3n) is 2.05. The molecule has 0 atom stereocenters. The summed E-state index contributed by atoms with van der Waals surface area (Å²) in [4.78, 5) is 7.17. The number of aliphatic hydroxyl groups excluding tert-OH is 1. The van der Waals surface area contributed by atoms with Crippen molar-refractivity contribution < 1.29 is 5.11 Å². The van der Waals surface area contributed by atoms with Crippen LogP contribution >= 0.6 is 11.8 Å². The van der Waals surface area contributed by atoms with Crippen LogP contribution in [-0.2, 0) is 12.4 Å². The second-order valence-corrected chi connectivity index (χ2v) is 4.12. The molecule has 0 spiro atoms. The summed E-state index contributed by atoms with van der Waals surface area (Å²) >= 11 is 1.66. The number of nitrogens with zero attached hydrogens (tertiary/aromatic N) is 1. The Morgan fingerprint density at radius 1 is 1.20 bits per heavy atom. The SMILES string of the molecule is OCc1ccc(CSc2ncc[nH]2)cc1. The van der Waals surface area contributed by atoms with Gasteiger partial charge in [0.1, 0.15) is 0 Å². The highest BCUT2D eigenvalue weighted by Gasteiger charge is 1.97. The number of hydrogen-bond donors (Lipinski definition) is 2. The topological polar surface area (TPSA) is 48.9 Å². The Morgan fingerprint density at radius 2 is 1.93 bits per heavy atom. The molecule has 0 aliphatic heterocycles. The average molecular weight is 220 g/mol. The van der Waals surface area contributed by atoms with Crippen molar-refractivity contribution in [1.29, 1.82) is 0 Å². The van der Waals surface area contributed by atoms with E-state index in [0.29, 0.717) is 0 Å². The van der Waals surface area contributed by atoms with Crippen LogP contribution in [0.15, 0.2) is 41.8 Å². The average Bonchev–Trinajstić information content (AvgIpc) is 2.80. The predicted molar refractivity (Wildman–Crippen MR) is 60.5 cm³/mol. The van der Waals surface area contributed by atoms with Gasteiger partial charge in [-0.15, -0.1) is 0 Å². The van der Waals surface area contributed by atoms with Crippen LogP contribution in [0.1, 0.15) is 11.1 Å². The first-order valence-electron chi connectivity index (χ1n) is 4.69. The Labute approximate surface area is 92.6 Å². The Kier molecular flexibility index (Phi) is 3.42. The molecule has 15 heavy (non-hydrogen) atoms. The molecule has 2 N–H and O–H groups in total. The molecule has 0 saturated carbocycles. The summed E-state index contributed by atoms with van der Waals surface area (Å²) in [6.07, 6.45) is 3.56. The Hall–Kier alpha value is -1.26. The molecule has 0 amide bonds. The van der Waals surface area contributed by atoms with Gasteiger partial charge in [-0.25, -0.2) is 4.98 Å². The number of benzene rings is 1. The van der Waals surface area contributed by atoms with Gasteiger partial charge in [-0.3, -0.25) is 0 Å². The van der Waals surface area contributed by atoms with E-state index in [1.807, 2.05) is 30.5 Å². The van der Waals surface area contributed by atoms with Crippen molar-refractivity contribution >= 4 is 11.8 Å². The molecule has 2 rings (SSSR count). The van der Waals surface area contributed by atoms with Gasteiger partial charge < -0.3 is 10.1 Å². The summed E-state index contributed by atoms with van der Waals surface area (Å²) in [7, 11) is 0. The van der Waals surface area contributed by atoms with Gasteiger partial charge in [-0.05, 0) is 11.1 Å². The second kappa shape index (κ2) is 5.00. The quantitative estimate of drug-likeness (QED) is 0.776. The third kappa shape index (κ3) is 2.84. The summed E-state index contributed by atoms with van der Waals surface area (Å²) in [5, 5.41) is 9.82. The van der Waals surface area contributed by atoms with E-state index in [2.05, 4.69) is 9.97 Å². The van der Waals surface area contributed by atoms with Gasteiger partial charge in [0.05, 0.1) is 6.61 Å². The minimum absolute atomic E-state index is 0.103. The number of hydrogen-bond acceptors (Lipinski definition) is 3. The molecule has 2 aromatic rings. The van der Waals surface area contributed by atoms with E-state index < -0.39 is 0 Å². The van der Waals surface area contributed by atoms with Gasteiger partial charge in [-0.1, -0.05) is 36.0 Å². The van der Waals surface area contributed by atoms with E-state index in [0.717, 1.165) is 16.5 Å². The van der Waals surface area contributed by atoms with Crippen LogP contribution in [0.5, 0.6) is 0 Å². The Balaban J connectivity index is 1.93. The van der Waals surface area contributed by atoms with Gasteiger partial charge in [0, 0.05) is 18.1 Å². The highest BCUT2D eigenvalue weighted by molar-refractivity contribution is 7.98. The van der Waals surface area contributed by atoms with Crippen molar-refractivity contribution in [3.63, 3.8) is 0 Å². The van der Waals surface area contributed by atoms with E-state index in [1.54, 1.807) is 18.0 Å². The van der Waals surface area contributed by atoms with Gasteiger partial charge in [0.25, 0.3) is 0 Å². The zero-order valence-electron chi connectivity index (χ0n) is 8.18. The molecule has 0 radical (unpaired) electrons. The summed E-state index contributed by atoms with van der Waals surface area (Å²) in [6.45, 7) is 0.103. The van der Waals surface area contributed by atoms with E-state index in [9.17, 15) is 0 Å². The lowest BCUT2D eigenvalue weighted by Gasteiger charge is -2.00. The second-order valence-electron chi connectivity index (χ2n) is 3.16. The van der Waals surface area contributed by atoms with Crippen molar-refractivity contribution in [2.45, 2.75) is 17.5 Å². The third-order valence-corrected chi connectivity index (χ3v) is 3.03. The summed E-state index contributed by atoms with van der Waals surface area (Å²) in [5.41, 5.74) is 2.18. The van der Waals surface area contributed by atoms with Crippen molar-refractivity contribution in [3.05, 3.63) is 47.8 Å². The highest BCUT2D eigenvalue weighted by atomic mass is 32.2. The molecule has 0 unspecified atom stereocenters. The van der Waals surface area contributed by atoms with Crippen LogP contribution < -0.4 is 0 Å². The number of aromatic amines is 1. The normalized spacial score (nSPS) is 10.5. The van der Waals surface area contributed by atoms with E-state index in [1.165, 1.54) is 5.56 Å². The first-order chi connectivity index (χ1) is 7.38. The number of aromatic nitrogens is 2. The lowest BCUT2D eigenvalue weighted by atomic mass is 10.2. The van der Waals surface area contributed by atoms with Gasteiger partial charge in [-0.2, -0.15) is 0 Å². The fourth-order valence-corrected chi connectivity index (χ4v) is 2.00. The van der Waals surface area contributed by atoms with Crippen molar-refractivity contribution in [2.75, 3.05) is 0 Å². The van der Waals surface area contributed by atoms with Crippen LogP contribution in [0.4, 0.5) is 0 Å². The molecule has 78 valence electrons. The number of thioether (sulfide) groups is 1. The van der Waals surface area contributed by atoms with Crippen molar-refractivity contribution in [2.24, 2.45) is 0 Å². The minimum Gasteiger partial charge on any atom is -0.392 e. The number of H-pyrrole nitrogens is 1. The molecule has 0 saturated heterocycles. The molecule has 0 aliphatic rings. The molecule has 1 aromatic heterocycles. The van der Waals surface area contributed by atoms with Crippen molar-refractivity contribution in [1.82, 2.24) is 9.97 Å². The maximum absolute atomic E-state index is 8.89. The maximum atomic E-state index is 8.89. The van der Waals surface area contributed by atoms with Crippen LogP contribution in [0.2, 0.25) is 0 Å². The standard InChI is InChI=1S/C11H12N2OS/c14-7-9-1-3-10(4-2-9)8-15-11-12-5-6-13-11/h1-6,14H,7-8H2,(H,12,13). The summed E-state index contributed by atoms with van der Waals surface area (Å²) in [6, 6.07) is 7.94.